The van der Waals surface area contributed by atoms with Crippen LogP contribution < -0.4 is 0 Å². The first-order chi connectivity index (χ1) is 12.9. The zero-order valence-electron chi connectivity index (χ0n) is 16.2. The van der Waals surface area contributed by atoms with Gasteiger partial charge in [-0.15, -0.1) is 0 Å². The Kier molecular flexibility index (Phi) is 6.07. The van der Waals surface area contributed by atoms with E-state index in [1.54, 1.807) is 19.1 Å². The van der Waals surface area contributed by atoms with Crippen LogP contribution in [0.3, 0.4) is 0 Å². The molecule has 1 aliphatic rings. The van der Waals surface area contributed by atoms with Crippen molar-refractivity contribution in [2.75, 3.05) is 0 Å². The number of benzene rings is 1. The molecule has 0 N–H and O–H groups in total. The molecule has 1 aromatic carbocycles. The lowest BCUT2D eigenvalue weighted by atomic mass is 9.67. The minimum Gasteiger partial charge on any atom is -0.171 e. The monoisotopic (exact) mass is 434 g/mol. The lowest BCUT2D eigenvalue weighted by molar-refractivity contribution is -0.350. The van der Waals surface area contributed by atoms with Crippen LogP contribution in [0.5, 0.6) is 0 Å². The summed E-state index contributed by atoms with van der Waals surface area (Å²) in [6.45, 7) is 3.74. The number of hydrogen-bond donors (Lipinski definition) is 0. The van der Waals surface area contributed by atoms with Crippen molar-refractivity contribution in [2.45, 2.75) is 77.3 Å². The summed E-state index contributed by atoms with van der Waals surface area (Å²) in [6.07, 6.45) is -18.4. The Hall–Kier alpha value is -1.41. The van der Waals surface area contributed by atoms with Gasteiger partial charge >= 0.3 is 18.5 Å². The second-order valence-corrected chi connectivity index (χ2v) is 8.60. The summed E-state index contributed by atoms with van der Waals surface area (Å²) in [5.41, 5.74) is -4.25. The van der Waals surface area contributed by atoms with Crippen LogP contribution in [0.2, 0.25) is 0 Å². The zero-order chi connectivity index (χ0) is 22.5. The van der Waals surface area contributed by atoms with Crippen molar-refractivity contribution in [2.24, 2.45) is 10.8 Å². The standard InChI is InChI=1S/C20H23F9/c1-12-4-5-14(10-15(12)11-16(2,3)18(21,22)23)13-6-8-17(9-7-13,19(24,25)26)20(27,28)29/h4-5,10,13H,6-9,11H2,1-3H3. The van der Waals surface area contributed by atoms with Crippen LogP contribution in [-0.4, -0.2) is 18.5 Å². The van der Waals surface area contributed by atoms with Crippen LogP contribution in [0.1, 0.15) is 62.1 Å². The van der Waals surface area contributed by atoms with Gasteiger partial charge in [-0.2, -0.15) is 39.5 Å². The zero-order valence-corrected chi connectivity index (χ0v) is 16.2. The maximum Gasteiger partial charge on any atom is 0.403 e. The number of hydrogen-bond acceptors (Lipinski definition) is 0. The minimum absolute atomic E-state index is 0.321. The molecule has 0 spiro atoms. The van der Waals surface area contributed by atoms with E-state index in [1.807, 2.05) is 0 Å². The van der Waals surface area contributed by atoms with Crippen molar-refractivity contribution in [3.63, 3.8) is 0 Å². The first kappa shape index (κ1) is 23.9. The maximum atomic E-state index is 13.2. The van der Waals surface area contributed by atoms with Crippen LogP contribution in [0.25, 0.3) is 0 Å². The first-order valence-electron chi connectivity index (χ1n) is 9.21. The molecule has 0 amide bonds. The van der Waals surface area contributed by atoms with E-state index in [1.165, 1.54) is 6.07 Å². The smallest absolute Gasteiger partial charge is 0.171 e. The van der Waals surface area contributed by atoms with E-state index in [2.05, 4.69) is 0 Å². The van der Waals surface area contributed by atoms with Crippen molar-refractivity contribution in [1.29, 1.82) is 0 Å². The molecule has 1 aliphatic carbocycles. The van der Waals surface area contributed by atoms with Gasteiger partial charge in [0.1, 0.15) is 0 Å². The van der Waals surface area contributed by atoms with Crippen LogP contribution in [0.4, 0.5) is 39.5 Å². The minimum atomic E-state index is -5.40. The van der Waals surface area contributed by atoms with Crippen molar-refractivity contribution >= 4 is 0 Å². The number of aryl methyl sites for hydroxylation is 1. The molecule has 1 saturated carbocycles. The molecule has 0 unspecified atom stereocenters. The van der Waals surface area contributed by atoms with Gasteiger partial charge < -0.3 is 0 Å². The van der Waals surface area contributed by atoms with E-state index in [0.29, 0.717) is 16.7 Å². The molecule has 2 rings (SSSR count). The van der Waals surface area contributed by atoms with Gasteiger partial charge in [0.2, 0.25) is 0 Å². The Balaban J connectivity index is 2.26. The lowest BCUT2D eigenvalue weighted by Crippen LogP contribution is -2.51. The van der Waals surface area contributed by atoms with Crippen molar-refractivity contribution in [3.05, 3.63) is 34.9 Å². The van der Waals surface area contributed by atoms with Crippen molar-refractivity contribution in [3.8, 4) is 0 Å². The molecular weight excluding hydrogens is 411 g/mol. The SMILES string of the molecule is Cc1ccc(C2CCC(C(F)(F)F)(C(F)(F)F)CC2)cc1CC(C)(C)C(F)(F)F. The van der Waals surface area contributed by atoms with E-state index >= 15 is 0 Å². The predicted molar refractivity (Wildman–Crippen MR) is 90.5 cm³/mol. The van der Waals surface area contributed by atoms with E-state index in [0.717, 1.165) is 13.8 Å². The Morgan fingerprint density at radius 1 is 0.862 bits per heavy atom. The summed E-state index contributed by atoms with van der Waals surface area (Å²) < 4.78 is 119. The topological polar surface area (TPSA) is 0 Å². The summed E-state index contributed by atoms with van der Waals surface area (Å²) in [6, 6.07) is 4.66. The van der Waals surface area contributed by atoms with Crippen LogP contribution in [0.15, 0.2) is 18.2 Å². The van der Waals surface area contributed by atoms with Gasteiger partial charge in [0.05, 0.1) is 5.41 Å². The van der Waals surface area contributed by atoms with Gasteiger partial charge in [0.15, 0.2) is 5.41 Å². The van der Waals surface area contributed by atoms with Gasteiger partial charge in [0.25, 0.3) is 0 Å². The lowest BCUT2D eigenvalue weighted by Gasteiger charge is -2.42. The Bertz CT molecular complexity index is 699. The van der Waals surface area contributed by atoms with Crippen molar-refractivity contribution in [1.82, 2.24) is 0 Å². The molecule has 0 saturated heterocycles. The van der Waals surface area contributed by atoms with Crippen molar-refractivity contribution < 1.29 is 39.5 Å². The molecule has 9 heteroatoms. The second kappa shape index (κ2) is 7.38. The van der Waals surface area contributed by atoms with E-state index < -0.39 is 48.1 Å². The third-order valence-electron chi connectivity index (χ3n) is 6.17. The third-order valence-corrected chi connectivity index (χ3v) is 6.17. The Morgan fingerprint density at radius 3 is 1.76 bits per heavy atom. The summed E-state index contributed by atoms with van der Waals surface area (Å²) in [7, 11) is 0. The van der Waals surface area contributed by atoms with Gasteiger partial charge in [-0.1, -0.05) is 32.0 Å². The highest BCUT2D eigenvalue weighted by Crippen LogP contribution is 2.60. The fourth-order valence-corrected chi connectivity index (χ4v) is 3.88. The maximum absolute atomic E-state index is 13.2. The first-order valence-corrected chi connectivity index (χ1v) is 9.21. The van der Waals surface area contributed by atoms with Gasteiger partial charge in [-0.05, 0) is 61.6 Å². The summed E-state index contributed by atoms with van der Waals surface area (Å²) in [4.78, 5) is 0. The number of rotatable bonds is 3. The van der Waals surface area contributed by atoms with E-state index in [-0.39, 0.29) is 19.3 Å². The predicted octanol–water partition coefficient (Wildman–Crippen LogP) is 7.89. The second-order valence-electron chi connectivity index (χ2n) is 8.60. The number of alkyl halides is 9. The van der Waals surface area contributed by atoms with Gasteiger partial charge in [-0.3, -0.25) is 0 Å². The summed E-state index contributed by atoms with van der Waals surface area (Å²) >= 11 is 0. The molecule has 29 heavy (non-hydrogen) atoms. The molecule has 166 valence electrons. The number of halogens is 9. The highest BCUT2D eigenvalue weighted by molar-refractivity contribution is 5.34. The average molecular weight is 434 g/mol. The van der Waals surface area contributed by atoms with Crippen LogP contribution in [0, 0.1) is 17.8 Å². The summed E-state index contributed by atoms with van der Waals surface area (Å²) in [5.74, 6) is -0.554. The van der Waals surface area contributed by atoms with Crippen LogP contribution >= 0.6 is 0 Å². The molecule has 1 aromatic rings. The largest absolute Gasteiger partial charge is 0.403 e. The average Bonchev–Trinajstić information content (AvgIpc) is 2.53. The fourth-order valence-electron chi connectivity index (χ4n) is 3.88. The quantitative estimate of drug-likeness (QED) is 0.424. The Labute approximate surface area is 163 Å². The normalized spacial score (nSPS) is 19.4. The summed E-state index contributed by atoms with van der Waals surface area (Å²) in [5, 5.41) is 0. The molecule has 0 bridgehead atoms. The Morgan fingerprint density at radius 2 is 1.34 bits per heavy atom. The molecule has 0 aromatic heterocycles. The molecular formula is C20H23F9. The molecule has 0 aliphatic heterocycles. The molecule has 1 fully saturated rings. The molecule has 0 heterocycles. The van der Waals surface area contributed by atoms with Crippen LogP contribution in [-0.2, 0) is 6.42 Å². The molecule has 0 radical (unpaired) electrons. The highest BCUT2D eigenvalue weighted by atomic mass is 19.4. The van der Waals surface area contributed by atoms with Gasteiger partial charge in [-0.25, -0.2) is 0 Å². The fraction of sp³-hybridized carbons (Fsp3) is 0.700. The molecule has 0 nitrogen and oxygen atoms in total. The molecule has 0 atom stereocenters. The third kappa shape index (κ3) is 4.53. The van der Waals surface area contributed by atoms with Gasteiger partial charge in [0, 0.05) is 0 Å². The highest BCUT2D eigenvalue weighted by Gasteiger charge is 2.70. The van der Waals surface area contributed by atoms with E-state index in [9.17, 15) is 39.5 Å². The van der Waals surface area contributed by atoms with E-state index in [4.69, 9.17) is 0 Å².